The summed E-state index contributed by atoms with van der Waals surface area (Å²) in [5.74, 6) is 0.943. The van der Waals surface area contributed by atoms with Crippen molar-refractivity contribution >= 4 is 32.1 Å². The van der Waals surface area contributed by atoms with Crippen LogP contribution in [0.3, 0.4) is 0 Å². The fourth-order valence-corrected chi connectivity index (χ4v) is 5.02. The zero-order valence-corrected chi connectivity index (χ0v) is 22.1. The Morgan fingerprint density at radius 3 is 1.34 bits per heavy atom. The molecule has 4 amide bonds. The minimum absolute atomic E-state index is 0.00412. The number of sulfonamides is 2. The highest BCUT2D eigenvalue weighted by Gasteiger charge is 2.18. The fraction of sp³-hybridized carbons (Fsp3) is 0.167. The van der Waals surface area contributed by atoms with Crippen molar-refractivity contribution in [3.63, 3.8) is 0 Å². The molecule has 0 aromatic heterocycles. The van der Waals surface area contributed by atoms with E-state index >= 15 is 0 Å². The number of rotatable bonds is 10. The average molecular weight is 563 g/mol. The van der Waals surface area contributed by atoms with E-state index in [1.165, 1.54) is 62.8 Å². The number of carbonyl (C=O) groups is 2. The normalized spacial score (nSPS) is 11.2. The smallest absolute Gasteiger partial charge is 0.328 e. The van der Waals surface area contributed by atoms with Gasteiger partial charge in [-0.15, -0.1) is 0 Å². The largest absolute Gasteiger partial charge is 0.497 e. The van der Waals surface area contributed by atoms with Crippen LogP contribution in [0.25, 0.3) is 0 Å². The van der Waals surface area contributed by atoms with Crippen molar-refractivity contribution in [1.82, 2.24) is 20.1 Å². The van der Waals surface area contributed by atoms with E-state index in [2.05, 4.69) is 10.6 Å². The van der Waals surface area contributed by atoms with Gasteiger partial charge in [0.25, 0.3) is 20.0 Å². The second-order valence-corrected chi connectivity index (χ2v) is 11.1. The molecule has 0 bridgehead atoms. The molecular weight excluding hydrogens is 536 g/mol. The van der Waals surface area contributed by atoms with Crippen LogP contribution >= 0.6 is 0 Å². The highest BCUT2D eigenvalue weighted by Crippen LogP contribution is 2.16. The zero-order chi connectivity index (χ0) is 27.8. The third-order valence-electron chi connectivity index (χ3n) is 5.09. The summed E-state index contributed by atoms with van der Waals surface area (Å²) in [6.45, 7) is -0.00823. The summed E-state index contributed by atoms with van der Waals surface area (Å²) in [6, 6.07) is 15.9. The first-order valence-corrected chi connectivity index (χ1v) is 14.0. The van der Waals surface area contributed by atoms with Gasteiger partial charge in [0.2, 0.25) is 0 Å². The van der Waals surface area contributed by atoms with E-state index in [4.69, 9.17) is 9.47 Å². The van der Waals surface area contributed by atoms with E-state index < -0.39 is 32.1 Å². The van der Waals surface area contributed by atoms with Crippen LogP contribution in [-0.2, 0) is 33.1 Å². The standard InChI is InChI=1S/C24H26N4O8S2/c1-35-19-6-10-21(11-7-19)37(31,32)27-23(29)25-15-17-4-3-5-18(14-17)16-26-24(30)28-38(33,34)22-12-8-20(36-2)9-13-22/h3-14H,15-16H2,1-2H3,(H2,25,27,29)(H2,26,28,30). The van der Waals surface area contributed by atoms with Gasteiger partial charge in [-0.05, 0) is 59.7 Å². The Morgan fingerprint density at radius 1 is 0.632 bits per heavy atom. The molecule has 0 aliphatic rings. The molecule has 0 aliphatic carbocycles. The van der Waals surface area contributed by atoms with Crippen molar-refractivity contribution < 1.29 is 35.9 Å². The van der Waals surface area contributed by atoms with Crippen molar-refractivity contribution in [2.24, 2.45) is 0 Å². The number of methoxy groups -OCH3 is 2. The van der Waals surface area contributed by atoms with Gasteiger partial charge in [0.05, 0.1) is 24.0 Å². The van der Waals surface area contributed by atoms with Gasteiger partial charge >= 0.3 is 12.1 Å². The molecule has 3 aromatic carbocycles. The number of urea groups is 2. The molecule has 3 aromatic rings. The predicted octanol–water partition coefficient (Wildman–Crippen LogP) is 2.08. The van der Waals surface area contributed by atoms with Gasteiger partial charge in [-0.25, -0.2) is 35.9 Å². The number of carbonyl (C=O) groups excluding carboxylic acids is 2. The lowest BCUT2D eigenvalue weighted by molar-refractivity contribution is 0.244. The summed E-state index contributed by atoms with van der Waals surface area (Å²) in [6.07, 6.45) is 0. The van der Waals surface area contributed by atoms with Crippen molar-refractivity contribution in [2.75, 3.05) is 14.2 Å². The number of amides is 4. The molecule has 0 fully saturated rings. The first-order valence-electron chi connectivity index (χ1n) is 11.0. The molecule has 0 saturated heterocycles. The molecule has 0 aliphatic heterocycles. The molecule has 202 valence electrons. The van der Waals surface area contributed by atoms with Crippen molar-refractivity contribution in [3.8, 4) is 11.5 Å². The molecule has 0 radical (unpaired) electrons. The molecule has 4 N–H and O–H groups in total. The van der Waals surface area contributed by atoms with Crippen LogP contribution in [-0.4, -0.2) is 43.1 Å². The maximum absolute atomic E-state index is 12.4. The van der Waals surface area contributed by atoms with Crippen LogP contribution < -0.4 is 29.6 Å². The van der Waals surface area contributed by atoms with Gasteiger partial charge < -0.3 is 20.1 Å². The van der Waals surface area contributed by atoms with Gasteiger partial charge in [-0.2, -0.15) is 0 Å². The number of ether oxygens (including phenoxy) is 2. The van der Waals surface area contributed by atoms with Crippen LogP contribution in [0.1, 0.15) is 11.1 Å². The van der Waals surface area contributed by atoms with Crippen molar-refractivity contribution in [2.45, 2.75) is 22.9 Å². The maximum atomic E-state index is 12.4. The Bertz CT molecular complexity index is 1380. The summed E-state index contributed by atoms with van der Waals surface area (Å²) in [5, 5.41) is 4.91. The summed E-state index contributed by atoms with van der Waals surface area (Å²) < 4.78 is 63.3. The van der Waals surface area contributed by atoms with E-state index in [1.54, 1.807) is 24.3 Å². The minimum Gasteiger partial charge on any atom is -0.497 e. The van der Waals surface area contributed by atoms with Crippen LogP contribution in [0.4, 0.5) is 9.59 Å². The second-order valence-electron chi connectivity index (χ2n) is 7.75. The average Bonchev–Trinajstić information content (AvgIpc) is 2.90. The Morgan fingerprint density at radius 2 is 1.00 bits per heavy atom. The van der Waals surface area contributed by atoms with Gasteiger partial charge in [0.15, 0.2) is 0 Å². The number of hydrogen-bond acceptors (Lipinski definition) is 8. The molecule has 0 heterocycles. The Labute approximate surface area is 220 Å². The Kier molecular flexibility index (Phi) is 9.15. The van der Waals surface area contributed by atoms with Crippen molar-refractivity contribution in [3.05, 3.63) is 83.9 Å². The third kappa shape index (κ3) is 7.85. The summed E-state index contributed by atoms with van der Waals surface area (Å²) in [7, 11) is -5.27. The number of benzene rings is 3. The van der Waals surface area contributed by atoms with E-state index in [-0.39, 0.29) is 22.9 Å². The molecule has 0 saturated carbocycles. The fourth-order valence-electron chi connectivity index (χ4n) is 3.16. The lowest BCUT2D eigenvalue weighted by Gasteiger charge is -2.11. The number of nitrogens with one attached hydrogen (secondary N) is 4. The van der Waals surface area contributed by atoms with Gasteiger partial charge in [0, 0.05) is 13.1 Å². The molecular formula is C24H26N4O8S2. The molecule has 14 heteroatoms. The lowest BCUT2D eigenvalue weighted by Crippen LogP contribution is -2.39. The molecule has 0 spiro atoms. The quantitative estimate of drug-likeness (QED) is 0.291. The zero-order valence-electron chi connectivity index (χ0n) is 20.4. The van der Waals surface area contributed by atoms with E-state index in [0.717, 1.165) is 0 Å². The maximum Gasteiger partial charge on any atom is 0.328 e. The lowest BCUT2D eigenvalue weighted by atomic mass is 10.1. The molecule has 0 unspecified atom stereocenters. The molecule has 12 nitrogen and oxygen atoms in total. The minimum atomic E-state index is -4.08. The summed E-state index contributed by atoms with van der Waals surface area (Å²) in [5.41, 5.74) is 1.24. The summed E-state index contributed by atoms with van der Waals surface area (Å²) in [4.78, 5) is 24.1. The van der Waals surface area contributed by atoms with E-state index in [9.17, 15) is 26.4 Å². The predicted molar refractivity (Wildman–Crippen MR) is 138 cm³/mol. The van der Waals surface area contributed by atoms with Gasteiger partial charge in [0.1, 0.15) is 11.5 Å². The van der Waals surface area contributed by atoms with Gasteiger partial charge in [-0.3, -0.25) is 0 Å². The first kappa shape index (κ1) is 28.3. The monoisotopic (exact) mass is 562 g/mol. The topological polar surface area (TPSA) is 169 Å². The molecule has 38 heavy (non-hydrogen) atoms. The second kappa shape index (κ2) is 12.3. The SMILES string of the molecule is COc1ccc(S(=O)(=O)NC(=O)NCc2cccc(CNC(=O)NS(=O)(=O)c3ccc(OC)cc3)c2)cc1. The van der Waals surface area contributed by atoms with E-state index in [1.807, 2.05) is 9.44 Å². The highest BCUT2D eigenvalue weighted by atomic mass is 32.2. The summed E-state index contributed by atoms with van der Waals surface area (Å²) >= 11 is 0. The van der Waals surface area contributed by atoms with E-state index in [0.29, 0.717) is 22.6 Å². The first-order chi connectivity index (χ1) is 18.0. The Hall–Kier alpha value is -4.30. The highest BCUT2D eigenvalue weighted by molar-refractivity contribution is 7.90. The molecule has 3 rings (SSSR count). The van der Waals surface area contributed by atoms with Crippen LogP contribution in [0.15, 0.2) is 82.6 Å². The van der Waals surface area contributed by atoms with Gasteiger partial charge in [-0.1, -0.05) is 24.3 Å². The third-order valence-corrected chi connectivity index (χ3v) is 7.78. The van der Waals surface area contributed by atoms with Crippen molar-refractivity contribution in [1.29, 1.82) is 0 Å². The van der Waals surface area contributed by atoms with Crippen LogP contribution in [0.2, 0.25) is 0 Å². The van der Waals surface area contributed by atoms with Crippen LogP contribution in [0, 0.1) is 0 Å². The Balaban J connectivity index is 1.51. The molecule has 0 atom stereocenters. The van der Waals surface area contributed by atoms with Crippen LogP contribution in [0.5, 0.6) is 11.5 Å². The number of hydrogen-bond donors (Lipinski definition) is 4.